The first-order valence-corrected chi connectivity index (χ1v) is 12.9. The zero-order valence-corrected chi connectivity index (χ0v) is 19.2. The molecule has 0 unspecified atom stereocenters. The van der Waals surface area contributed by atoms with Crippen LogP contribution in [0.2, 0.25) is 0 Å². The van der Waals surface area contributed by atoms with Crippen molar-refractivity contribution >= 4 is 27.3 Å². The number of fused-ring (bicyclic) bond motifs is 1. The topological polar surface area (TPSA) is 97.0 Å². The van der Waals surface area contributed by atoms with Gasteiger partial charge in [-0.2, -0.15) is 4.31 Å². The Hall–Kier alpha value is -2.98. The number of carbonyl (C=O) groups is 1. The zero-order chi connectivity index (χ0) is 23.0. The number of hydrogen-bond acceptors (Lipinski definition) is 5. The summed E-state index contributed by atoms with van der Waals surface area (Å²) in [6.07, 6.45) is 6.70. The molecule has 3 aromatic rings. The normalized spacial score (nSPS) is 18.2. The molecule has 2 aliphatic rings. The second-order valence-electron chi connectivity index (χ2n) is 8.64. The van der Waals surface area contributed by atoms with E-state index >= 15 is 0 Å². The highest BCUT2D eigenvalue weighted by molar-refractivity contribution is 7.89. The predicted molar refractivity (Wildman–Crippen MR) is 124 cm³/mol. The fraction of sp³-hybridized carbons (Fsp3) is 0.435. The quantitative estimate of drug-likeness (QED) is 0.571. The summed E-state index contributed by atoms with van der Waals surface area (Å²) >= 11 is 0. The maximum absolute atomic E-state index is 13.4. The van der Waals surface area contributed by atoms with Gasteiger partial charge in [-0.1, -0.05) is 25.0 Å². The largest absolute Gasteiger partial charge is 0.350 e. The van der Waals surface area contributed by atoms with Crippen LogP contribution in [0.3, 0.4) is 0 Å². The molecule has 4 heterocycles. The van der Waals surface area contributed by atoms with Gasteiger partial charge in [-0.15, -0.1) is 5.10 Å². The van der Waals surface area contributed by atoms with E-state index in [0.29, 0.717) is 19.5 Å². The molecule has 0 radical (unpaired) electrons. The average molecular weight is 470 g/mol. The van der Waals surface area contributed by atoms with E-state index in [-0.39, 0.29) is 23.0 Å². The van der Waals surface area contributed by atoms with E-state index in [0.717, 1.165) is 49.9 Å². The van der Waals surface area contributed by atoms with Crippen molar-refractivity contribution in [3.8, 4) is 0 Å². The summed E-state index contributed by atoms with van der Waals surface area (Å²) in [6.45, 7) is 1.90. The molecular weight excluding hydrogens is 442 g/mol. The van der Waals surface area contributed by atoms with E-state index in [1.165, 1.54) is 19.5 Å². The molecule has 9 nitrogen and oxygen atoms in total. The Kier molecular flexibility index (Phi) is 5.79. The van der Waals surface area contributed by atoms with E-state index in [9.17, 15) is 18.0 Å². The fourth-order valence-electron chi connectivity index (χ4n) is 4.61. The first kappa shape index (κ1) is 21.8. The van der Waals surface area contributed by atoms with Gasteiger partial charge in [0.15, 0.2) is 5.65 Å². The second kappa shape index (κ2) is 8.75. The first-order chi connectivity index (χ1) is 15.9. The molecule has 1 amide bonds. The Balaban J connectivity index is 1.45. The van der Waals surface area contributed by atoms with E-state index in [1.807, 2.05) is 24.3 Å². The molecule has 5 rings (SSSR count). The van der Waals surface area contributed by atoms with Crippen LogP contribution >= 0.6 is 0 Å². The van der Waals surface area contributed by atoms with Crippen molar-refractivity contribution in [1.29, 1.82) is 0 Å². The van der Waals surface area contributed by atoms with Crippen LogP contribution in [0.4, 0.5) is 5.69 Å². The molecule has 33 heavy (non-hydrogen) atoms. The van der Waals surface area contributed by atoms with Crippen molar-refractivity contribution in [2.45, 2.75) is 50.0 Å². The third-order valence-electron chi connectivity index (χ3n) is 6.41. The Morgan fingerprint density at radius 3 is 2.27 bits per heavy atom. The summed E-state index contributed by atoms with van der Waals surface area (Å²) in [6, 6.07) is 10.6. The molecule has 0 bridgehead atoms. The Bertz CT molecular complexity index is 1340. The second-order valence-corrected chi connectivity index (χ2v) is 10.5. The van der Waals surface area contributed by atoms with Crippen molar-refractivity contribution in [1.82, 2.24) is 18.5 Å². The Labute approximate surface area is 192 Å². The summed E-state index contributed by atoms with van der Waals surface area (Å²) < 4.78 is 30.8. The molecular formula is C23H27N5O4S. The third-order valence-corrected chi connectivity index (χ3v) is 8.33. The summed E-state index contributed by atoms with van der Waals surface area (Å²) in [5.74, 6) is 0.123. The minimum absolute atomic E-state index is 0.0608. The molecule has 0 aliphatic carbocycles. The lowest BCUT2D eigenvalue weighted by atomic mass is 10.2. The molecule has 0 saturated carbocycles. The number of sulfonamides is 1. The van der Waals surface area contributed by atoms with Gasteiger partial charge in [0.05, 0.1) is 6.54 Å². The number of anilines is 1. The molecule has 2 fully saturated rings. The molecule has 0 atom stereocenters. The lowest BCUT2D eigenvalue weighted by molar-refractivity contribution is -0.117. The molecule has 2 aromatic heterocycles. The number of nitrogens with zero attached hydrogens (tertiary/aromatic N) is 5. The molecule has 0 N–H and O–H groups in total. The van der Waals surface area contributed by atoms with Gasteiger partial charge in [0.2, 0.25) is 15.9 Å². The van der Waals surface area contributed by atoms with Crippen LogP contribution in [0, 0.1) is 0 Å². The molecule has 2 saturated heterocycles. The van der Waals surface area contributed by atoms with Crippen molar-refractivity contribution in [3.63, 3.8) is 0 Å². The number of carbonyl (C=O) groups excluding carboxylic acids is 1. The van der Waals surface area contributed by atoms with E-state index in [4.69, 9.17) is 0 Å². The van der Waals surface area contributed by atoms with E-state index < -0.39 is 15.7 Å². The number of benzene rings is 1. The number of amides is 1. The van der Waals surface area contributed by atoms with Crippen LogP contribution in [0.15, 0.2) is 52.3 Å². The maximum atomic E-state index is 13.4. The van der Waals surface area contributed by atoms with Crippen molar-refractivity contribution in [2.24, 2.45) is 0 Å². The predicted octanol–water partition coefficient (Wildman–Crippen LogP) is 2.24. The van der Waals surface area contributed by atoms with Gasteiger partial charge < -0.3 is 4.90 Å². The highest BCUT2D eigenvalue weighted by Crippen LogP contribution is 2.24. The van der Waals surface area contributed by atoms with Gasteiger partial charge >= 0.3 is 5.69 Å². The van der Waals surface area contributed by atoms with Crippen LogP contribution in [0.1, 0.15) is 44.1 Å². The number of rotatable bonds is 5. The van der Waals surface area contributed by atoms with Gasteiger partial charge in [0, 0.05) is 37.9 Å². The first-order valence-electron chi connectivity index (χ1n) is 11.4. The SMILES string of the molecule is O=C1CCCN1c1ccc(Cn2nc3c(S(=O)(=O)N4CCCCCC4)cccn3c2=O)cc1. The van der Waals surface area contributed by atoms with Crippen LogP contribution in [0.25, 0.3) is 5.65 Å². The summed E-state index contributed by atoms with van der Waals surface area (Å²) in [5, 5.41) is 4.40. The lowest BCUT2D eigenvalue weighted by Crippen LogP contribution is -2.32. The van der Waals surface area contributed by atoms with E-state index in [1.54, 1.807) is 17.2 Å². The number of hydrogen-bond donors (Lipinski definition) is 0. The summed E-state index contributed by atoms with van der Waals surface area (Å²) in [7, 11) is -3.75. The maximum Gasteiger partial charge on any atom is 0.350 e. The van der Waals surface area contributed by atoms with Crippen molar-refractivity contribution in [3.05, 3.63) is 58.6 Å². The monoisotopic (exact) mass is 469 g/mol. The molecule has 0 spiro atoms. The lowest BCUT2D eigenvalue weighted by Gasteiger charge is -2.19. The standard InChI is InChI=1S/C23H27N5O4S/c29-21-8-6-15-26(21)19-11-9-18(10-12-19)17-28-23(30)27-16-5-7-20(22(27)24-28)33(31,32)25-13-3-1-2-4-14-25/h5,7,9-12,16H,1-4,6,8,13-15,17H2. The minimum Gasteiger partial charge on any atom is -0.312 e. The van der Waals surface area contributed by atoms with Crippen LogP contribution < -0.4 is 10.6 Å². The van der Waals surface area contributed by atoms with E-state index in [2.05, 4.69) is 5.10 Å². The van der Waals surface area contributed by atoms with Crippen molar-refractivity contribution in [2.75, 3.05) is 24.5 Å². The van der Waals surface area contributed by atoms with Gasteiger partial charge in [0.25, 0.3) is 0 Å². The molecule has 174 valence electrons. The van der Waals surface area contributed by atoms with Gasteiger partial charge in [-0.25, -0.2) is 22.3 Å². The van der Waals surface area contributed by atoms with Crippen LogP contribution in [-0.2, 0) is 21.4 Å². The van der Waals surface area contributed by atoms with Gasteiger partial charge in [0.1, 0.15) is 4.90 Å². The Morgan fingerprint density at radius 2 is 1.61 bits per heavy atom. The smallest absolute Gasteiger partial charge is 0.312 e. The number of pyridine rings is 1. The van der Waals surface area contributed by atoms with Crippen LogP contribution in [0.5, 0.6) is 0 Å². The van der Waals surface area contributed by atoms with Gasteiger partial charge in [-0.05, 0) is 49.1 Å². The summed E-state index contributed by atoms with van der Waals surface area (Å²) in [4.78, 5) is 26.7. The van der Waals surface area contributed by atoms with Crippen LogP contribution in [-0.4, -0.2) is 52.4 Å². The zero-order valence-electron chi connectivity index (χ0n) is 18.4. The minimum atomic E-state index is -3.75. The third kappa shape index (κ3) is 4.08. The molecule has 2 aliphatic heterocycles. The van der Waals surface area contributed by atoms with Gasteiger partial charge in [-0.3, -0.25) is 4.79 Å². The summed E-state index contributed by atoms with van der Waals surface area (Å²) in [5.41, 5.74) is 1.44. The molecule has 10 heteroatoms. The molecule has 1 aromatic carbocycles. The highest BCUT2D eigenvalue weighted by atomic mass is 32.2. The highest BCUT2D eigenvalue weighted by Gasteiger charge is 2.29. The number of aromatic nitrogens is 3. The Morgan fingerprint density at radius 1 is 0.879 bits per heavy atom. The van der Waals surface area contributed by atoms with Crippen molar-refractivity contribution < 1.29 is 13.2 Å². The fourth-order valence-corrected chi connectivity index (χ4v) is 6.25. The average Bonchev–Trinajstić information content (AvgIpc) is 3.24.